The zero-order chi connectivity index (χ0) is 19.8. The van der Waals surface area contributed by atoms with Gasteiger partial charge in [-0.15, -0.1) is 0 Å². The molecule has 0 saturated heterocycles. The third-order valence-corrected chi connectivity index (χ3v) is 5.53. The monoisotopic (exact) mass is 385 g/mol. The SMILES string of the molecule is CCCCCCCCCCCCCCCCCCCCCCNCC(O)O. The van der Waals surface area contributed by atoms with Crippen LogP contribution in [0.5, 0.6) is 0 Å². The lowest BCUT2D eigenvalue weighted by Crippen LogP contribution is -2.26. The van der Waals surface area contributed by atoms with Gasteiger partial charge in [0.25, 0.3) is 0 Å². The Bertz CT molecular complexity index is 259. The Kier molecular flexibility index (Phi) is 23.8. The van der Waals surface area contributed by atoms with Crippen molar-refractivity contribution in [1.29, 1.82) is 0 Å². The first-order chi connectivity index (χ1) is 13.3. The fourth-order valence-corrected chi connectivity index (χ4v) is 3.74. The Morgan fingerprint density at radius 3 is 1.07 bits per heavy atom. The summed E-state index contributed by atoms with van der Waals surface area (Å²) in [5.41, 5.74) is 0. The minimum Gasteiger partial charge on any atom is -0.367 e. The van der Waals surface area contributed by atoms with Crippen LogP contribution in [0.1, 0.15) is 135 Å². The number of rotatable bonds is 23. The Balaban J connectivity index is 2.97. The van der Waals surface area contributed by atoms with Gasteiger partial charge < -0.3 is 15.5 Å². The van der Waals surface area contributed by atoms with E-state index < -0.39 is 6.29 Å². The van der Waals surface area contributed by atoms with Crippen LogP contribution in [0.4, 0.5) is 0 Å². The van der Waals surface area contributed by atoms with Gasteiger partial charge in [-0.1, -0.05) is 129 Å². The van der Waals surface area contributed by atoms with Crippen molar-refractivity contribution < 1.29 is 10.2 Å². The minimum atomic E-state index is -1.21. The van der Waals surface area contributed by atoms with E-state index in [-0.39, 0.29) is 0 Å². The van der Waals surface area contributed by atoms with Gasteiger partial charge in [0, 0.05) is 6.54 Å². The highest BCUT2D eigenvalue weighted by atomic mass is 16.5. The van der Waals surface area contributed by atoms with E-state index in [9.17, 15) is 0 Å². The number of unbranched alkanes of at least 4 members (excludes halogenated alkanes) is 19. The lowest BCUT2D eigenvalue weighted by molar-refractivity contribution is -0.0370. The topological polar surface area (TPSA) is 52.5 Å². The maximum atomic E-state index is 8.71. The van der Waals surface area contributed by atoms with Crippen LogP contribution in [0.25, 0.3) is 0 Å². The molecule has 164 valence electrons. The van der Waals surface area contributed by atoms with E-state index in [1.165, 1.54) is 122 Å². The van der Waals surface area contributed by atoms with E-state index in [1.807, 2.05) is 0 Å². The molecule has 0 fully saturated rings. The van der Waals surface area contributed by atoms with Crippen molar-refractivity contribution in [2.24, 2.45) is 0 Å². The zero-order valence-corrected chi connectivity index (χ0v) is 18.5. The molecule has 0 aliphatic heterocycles. The number of aliphatic hydroxyl groups excluding tert-OH is 1. The van der Waals surface area contributed by atoms with E-state index in [4.69, 9.17) is 10.2 Å². The highest BCUT2D eigenvalue weighted by molar-refractivity contribution is 4.52. The average Bonchev–Trinajstić information content (AvgIpc) is 2.65. The van der Waals surface area contributed by atoms with Crippen molar-refractivity contribution in [1.82, 2.24) is 5.32 Å². The molecule has 0 bridgehead atoms. The second kappa shape index (κ2) is 23.9. The van der Waals surface area contributed by atoms with Gasteiger partial charge in [-0.3, -0.25) is 0 Å². The van der Waals surface area contributed by atoms with Gasteiger partial charge in [-0.25, -0.2) is 0 Å². The molecule has 0 aliphatic carbocycles. The molecule has 0 aromatic heterocycles. The third-order valence-electron chi connectivity index (χ3n) is 5.53. The van der Waals surface area contributed by atoms with Crippen LogP contribution in [0.2, 0.25) is 0 Å². The van der Waals surface area contributed by atoms with Gasteiger partial charge in [0.15, 0.2) is 6.29 Å². The highest BCUT2D eigenvalue weighted by Crippen LogP contribution is 2.14. The smallest absolute Gasteiger partial charge is 0.164 e. The molecule has 0 aromatic carbocycles. The predicted octanol–water partition coefficient (Wildman–Crippen LogP) is 6.71. The largest absolute Gasteiger partial charge is 0.367 e. The molecule has 0 rings (SSSR count). The van der Waals surface area contributed by atoms with E-state index in [0.29, 0.717) is 6.54 Å². The Morgan fingerprint density at radius 1 is 0.481 bits per heavy atom. The van der Waals surface area contributed by atoms with Crippen molar-refractivity contribution in [3.05, 3.63) is 0 Å². The Morgan fingerprint density at radius 2 is 0.778 bits per heavy atom. The third kappa shape index (κ3) is 25.9. The lowest BCUT2D eigenvalue weighted by Gasteiger charge is -2.06. The van der Waals surface area contributed by atoms with Crippen LogP contribution >= 0.6 is 0 Å². The number of aliphatic hydroxyl groups is 2. The fourth-order valence-electron chi connectivity index (χ4n) is 3.74. The molecule has 0 aromatic rings. The first-order valence-electron chi connectivity index (χ1n) is 12.3. The van der Waals surface area contributed by atoms with Gasteiger partial charge in [-0.2, -0.15) is 0 Å². The zero-order valence-electron chi connectivity index (χ0n) is 18.5. The van der Waals surface area contributed by atoms with Crippen molar-refractivity contribution in [3.63, 3.8) is 0 Å². The molecule has 0 atom stereocenters. The summed E-state index contributed by atoms with van der Waals surface area (Å²) < 4.78 is 0. The standard InChI is InChI=1S/C24H51NO2/c1-2-3-4-5-6-7-8-9-10-11-12-13-14-15-16-17-18-19-20-21-22-25-23-24(26)27/h24-27H,2-23H2,1H3. The van der Waals surface area contributed by atoms with E-state index in [0.717, 1.165) is 13.0 Å². The van der Waals surface area contributed by atoms with Crippen LogP contribution in [-0.2, 0) is 0 Å². The molecule has 27 heavy (non-hydrogen) atoms. The van der Waals surface area contributed by atoms with Crippen molar-refractivity contribution in [3.8, 4) is 0 Å². The molecule has 3 nitrogen and oxygen atoms in total. The summed E-state index contributed by atoms with van der Waals surface area (Å²) in [6, 6.07) is 0. The fraction of sp³-hybridized carbons (Fsp3) is 1.00. The van der Waals surface area contributed by atoms with Crippen molar-refractivity contribution in [2.75, 3.05) is 13.1 Å². The summed E-state index contributed by atoms with van der Waals surface area (Å²) in [7, 11) is 0. The summed E-state index contributed by atoms with van der Waals surface area (Å²) in [6.07, 6.45) is 26.9. The minimum absolute atomic E-state index is 0.291. The molecule has 0 heterocycles. The molecule has 0 spiro atoms. The average molecular weight is 386 g/mol. The molecule has 3 heteroatoms. The normalized spacial score (nSPS) is 11.6. The van der Waals surface area contributed by atoms with Gasteiger partial charge in [0.05, 0.1) is 0 Å². The molecular formula is C24H51NO2. The summed E-state index contributed by atoms with van der Waals surface area (Å²) in [5.74, 6) is 0. The summed E-state index contributed by atoms with van der Waals surface area (Å²) in [6.45, 7) is 3.48. The van der Waals surface area contributed by atoms with Crippen LogP contribution < -0.4 is 5.32 Å². The van der Waals surface area contributed by atoms with Gasteiger partial charge in [0.1, 0.15) is 0 Å². The maximum Gasteiger partial charge on any atom is 0.164 e. The summed E-state index contributed by atoms with van der Waals surface area (Å²) in [5, 5.41) is 20.5. The molecule has 0 aliphatic rings. The highest BCUT2D eigenvalue weighted by Gasteiger charge is 1.97. The van der Waals surface area contributed by atoms with Crippen LogP contribution in [0.3, 0.4) is 0 Å². The van der Waals surface area contributed by atoms with Gasteiger partial charge >= 0.3 is 0 Å². The maximum absolute atomic E-state index is 8.71. The van der Waals surface area contributed by atoms with Crippen molar-refractivity contribution in [2.45, 2.75) is 142 Å². The first-order valence-corrected chi connectivity index (χ1v) is 12.3. The molecule has 3 N–H and O–H groups in total. The summed E-state index contributed by atoms with van der Waals surface area (Å²) in [4.78, 5) is 0. The number of nitrogens with one attached hydrogen (secondary N) is 1. The van der Waals surface area contributed by atoms with E-state index >= 15 is 0 Å². The van der Waals surface area contributed by atoms with E-state index in [2.05, 4.69) is 12.2 Å². The molecule has 0 unspecified atom stereocenters. The quantitative estimate of drug-likeness (QED) is 0.135. The molecular weight excluding hydrogens is 334 g/mol. The first kappa shape index (κ1) is 26.9. The van der Waals surface area contributed by atoms with Crippen molar-refractivity contribution >= 4 is 0 Å². The molecule has 0 amide bonds. The van der Waals surface area contributed by atoms with Gasteiger partial charge in [-0.05, 0) is 13.0 Å². The van der Waals surface area contributed by atoms with Gasteiger partial charge in [0.2, 0.25) is 0 Å². The van der Waals surface area contributed by atoms with Crippen LogP contribution in [0.15, 0.2) is 0 Å². The summed E-state index contributed by atoms with van der Waals surface area (Å²) >= 11 is 0. The number of hydrogen-bond donors (Lipinski definition) is 3. The molecule has 0 saturated carbocycles. The van der Waals surface area contributed by atoms with Crippen LogP contribution in [-0.4, -0.2) is 29.6 Å². The van der Waals surface area contributed by atoms with E-state index in [1.54, 1.807) is 0 Å². The Labute approximate surface area is 170 Å². The lowest BCUT2D eigenvalue weighted by atomic mass is 10.0. The van der Waals surface area contributed by atoms with Crippen LogP contribution in [0, 0.1) is 0 Å². The number of hydrogen-bond acceptors (Lipinski definition) is 3. The second-order valence-electron chi connectivity index (χ2n) is 8.40. The molecule has 0 radical (unpaired) electrons. The second-order valence-corrected chi connectivity index (χ2v) is 8.40. The Hall–Kier alpha value is -0.120. The predicted molar refractivity (Wildman–Crippen MR) is 119 cm³/mol.